The van der Waals surface area contributed by atoms with Crippen LogP contribution in [0.5, 0.6) is 5.75 Å². The average molecular weight is 290 g/mol. The predicted octanol–water partition coefficient (Wildman–Crippen LogP) is 2.44. The van der Waals surface area contributed by atoms with E-state index in [-0.39, 0.29) is 5.91 Å². The van der Waals surface area contributed by atoms with Gasteiger partial charge in [0.05, 0.1) is 12.1 Å². The maximum absolute atomic E-state index is 11.7. The number of ether oxygens (including phenoxy) is 1. The van der Waals surface area contributed by atoms with E-state index in [1.165, 1.54) is 0 Å². The number of nitrogens with one attached hydrogen (secondary N) is 1. The number of hydrogen-bond donors (Lipinski definition) is 1. The summed E-state index contributed by atoms with van der Waals surface area (Å²) in [5.74, 6) is 0.916. The Balaban J connectivity index is 1.66. The molecule has 1 N–H and O–H groups in total. The van der Waals surface area contributed by atoms with Crippen LogP contribution in [-0.2, 0) is 17.6 Å². The topological polar surface area (TPSA) is 51.2 Å². The standard InChI is InChI=1S/C15H18N2O2S/c1-19-13-5-2-12(3-6-13)4-7-14(18)16-9-8-15-17-10-11-20-15/h2-3,5-6,10-11H,4,7-9H2,1H3,(H,16,18). The SMILES string of the molecule is COc1ccc(CCC(=O)NCCc2nccs2)cc1. The van der Waals surface area contributed by atoms with Gasteiger partial charge in [0.1, 0.15) is 5.75 Å². The van der Waals surface area contributed by atoms with Crippen LogP contribution in [0.3, 0.4) is 0 Å². The molecular formula is C15H18N2O2S. The molecule has 0 aliphatic carbocycles. The fourth-order valence-corrected chi connectivity index (χ4v) is 2.44. The number of aromatic nitrogens is 1. The van der Waals surface area contributed by atoms with Crippen LogP contribution >= 0.6 is 11.3 Å². The lowest BCUT2D eigenvalue weighted by Crippen LogP contribution is -2.25. The van der Waals surface area contributed by atoms with Crippen LogP contribution in [0, 0.1) is 0 Å². The Labute approximate surface area is 122 Å². The molecule has 2 aromatic rings. The van der Waals surface area contributed by atoms with Crippen molar-refractivity contribution in [2.24, 2.45) is 0 Å². The number of thiazole rings is 1. The van der Waals surface area contributed by atoms with Gasteiger partial charge < -0.3 is 10.1 Å². The van der Waals surface area contributed by atoms with Crippen molar-refractivity contribution in [3.8, 4) is 5.75 Å². The molecule has 0 bridgehead atoms. The van der Waals surface area contributed by atoms with Crippen molar-refractivity contribution >= 4 is 17.2 Å². The molecule has 0 aliphatic rings. The maximum Gasteiger partial charge on any atom is 0.220 e. The first-order valence-corrected chi connectivity index (χ1v) is 7.44. The van der Waals surface area contributed by atoms with E-state index in [0.717, 1.165) is 29.2 Å². The van der Waals surface area contributed by atoms with Crippen LogP contribution in [0.1, 0.15) is 17.0 Å². The Morgan fingerprint density at radius 2 is 2.10 bits per heavy atom. The number of hydrogen-bond acceptors (Lipinski definition) is 4. The third kappa shape index (κ3) is 4.66. The van der Waals surface area contributed by atoms with Crippen LogP contribution in [0.4, 0.5) is 0 Å². The van der Waals surface area contributed by atoms with Gasteiger partial charge >= 0.3 is 0 Å². The van der Waals surface area contributed by atoms with Crippen molar-refractivity contribution in [2.75, 3.05) is 13.7 Å². The van der Waals surface area contributed by atoms with Gasteiger partial charge in [-0.05, 0) is 24.1 Å². The molecule has 0 aliphatic heterocycles. The fourth-order valence-electron chi connectivity index (χ4n) is 1.82. The van der Waals surface area contributed by atoms with Crippen molar-refractivity contribution in [3.63, 3.8) is 0 Å². The normalized spacial score (nSPS) is 10.2. The zero-order valence-corrected chi connectivity index (χ0v) is 12.3. The number of carbonyl (C=O) groups is 1. The number of amides is 1. The van der Waals surface area contributed by atoms with E-state index >= 15 is 0 Å². The summed E-state index contributed by atoms with van der Waals surface area (Å²) in [5.41, 5.74) is 1.14. The Hall–Kier alpha value is -1.88. The van der Waals surface area contributed by atoms with Gasteiger partial charge in [0.2, 0.25) is 5.91 Å². The zero-order chi connectivity index (χ0) is 14.2. The van der Waals surface area contributed by atoms with Gasteiger partial charge in [-0.2, -0.15) is 0 Å². The summed E-state index contributed by atoms with van der Waals surface area (Å²) in [6.07, 6.45) is 3.83. The lowest BCUT2D eigenvalue weighted by molar-refractivity contribution is -0.121. The van der Waals surface area contributed by atoms with E-state index < -0.39 is 0 Å². The Bertz CT molecular complexity index is 523. The highest BCUT2D eigenvalue weighted by atomic mass is 32.1. The highest BCUT2D eigenvalue weighted by molar-refractivity contribution is 7.09. The van der Waals surface area contributed by atoms with Gasteiger partial charge in [0, 0.05) is 31.0 Å². The number of carbonyl (C=O) groups excluding carboxylic acids is 1. The lowest BCUT2D eigenvalue weighted by atomic mass is 10.1. The third-order valence-corrected chi connectivity index (χ3v) is 3.78. The Morgan fingerprint density at radius 1 is 1.30 bits per heavy atom. The quantitative estimate of drug-likeness (QED) is 0.852. The van der Waals surface area contributed by atoms with E-state index in [4.69, 9.17) is 4.74 Å². The minimum Gasteiger partial charge on any atom is -0.497 e. The molecule has 1 aromatic carbocycles. The zero-order valence-electron chi connectivity index (χ0n) is 11.5. The molecule has 0 radical (unpaired) electrons. The van der Waals surface area contributed by atoms with Crippen LogP contribution in [-0.4, -0.2) is 24.5 Å². The molecule has 20 heavy (non-hydrogen) atoms. The number of methoxy groups -OCH3 is 1. The van der Waals surface area contributed by atoms with Crippen LogP contribution in [0.25, 0.3) is 0 Å². The molecule has 5 heteroatoms. The van der Waals surface area contributed by atoms with Crippen molar-refractivity contribution in [3.05, 3.63) is 46.4 Å². The summed E-state index contributed by atoms with van der Waals surface area (Å²) >= 11 is 1.61. The molecule has 1 aromatic heterocycles. The smallest absolute Gasteiger partial charge is 0.220 e. The van der Waals surface area contributed by atoms with Gasteiger partial charge in [-0.1, -0.05) is 12.1 Å². The van der Waals surface area contributed by atoms with E-state index in [0.29, 0.717) is 13.0 Å². The fraction of sp³-hybridized carbons (Fsp3) is 0.333. The van der Waals surface area contributed by atoms with Gasteiger partial charge in [0.25, 0.3) is 0 Å². The maximum atomic E-state index is 11.7. The molecule has 0 unspecified atom stereocenters. The predicted molar refractivity (Wildman–Crippen MR) is 80.1 cm³/mol. The lowest BCUT2D eigenvalue weighted by Gasteiger charge is -2.05. The van der Waals surface area contributed by atoms with E-state index in [1.807, 2.05) is 29.6 Å². The molecule has 0 spiro atoms. The first-order valence-electron chi connectivity index (χ1n) is 6.56. The Morgan fingerprint density at radius 3 is 2.75 bits per heavy atom. The minimum absolute atomic E-state index is 0.0809. The van der Waals surface area contributed by atoms with Gasteiger partial charge in [-0.15, -0.1) is 11.3 Å². The van der Waals surface area contributed by atoms with Crippen molar-refractivity contribution < 1.29 is 9.53 Å². The number of aryl methyl sites for hydroxylation is 1. The monoisotopic (exact) mass is 290 g/mol. The van der Waals surface area contributed by atoms with Crippen LogP contribution in [0.15, 0.2) is 35.8 Å². The number of benzene rings is 1. The third-order valence-electron chi connectivity index (χ3n) is 2.94. The molecule has 0 atom stereocenters. The molecule has 106 valence electrons. The molecule has 0 saturated carbocycles. The van der Waals surface area contributed by atoms with Gasteiger partial charge in [-0.25, -0.2) is 4.98 Å². The first-order chi connectivity index (χ1) is 9.78. The average Bonchev–Trinajstić information content (AvgIpc) is 2.99. The summed E-state index contributed by atoms with van der Waals surface area (Å²) in [4.78, 5) is 15.9. The molecule has 1 heterocycles. The van der Waals surface area contributed by atoms with Crippen LogP contribution in [0.2, 0.25) is 0 Å². The van der Waals surface area contributed by atoms with E-state index in [1.54, 1.807) is 24.6 Å². The van der Waals surface area contributed by atoms with Crippen molar-refractivity contribution in [2.45, 2.75) is 19.3 Å². The largest absolute Gasteiger partial charge is 0.497 e. The summed E-state index contributed by atoms with van der Waals surface area (Å²) in [6, 6.07) is 7.80. The van der Waals surface area contributed by atoms with Crippen LogP contribution < -0.4 is 10.1 Å². The molecule has 0 fully saturated rings. The Kier molecular flexibility index (Phi) is 5.55. The summed E-state index contributed by atoms with van der Waals surface area (Å²) < 4.78 is 5.10. The highest BCUT2D eigenvalue weighted by Gasteiger charge is 2.03. The van der Waals surface area contributed by atoms with E-state index in [9.17, 15) is 4.79 Å². The molecular weight excluding hydrogens is 272 g/mol. The molecule has 0 saturated heterocycles. The number of nitrogens with zero attached hydrogens (tertiary/aromatic N) is 1. The van der Waals surface area contributed by atoms with Crippen molar-refractivity contribution in [1.82, 2.24) is 10.3 Å². The summed E-state index contributed by atoms with van der Waals surface area (Å²) in [7, 11) is 1.64. The first kappa shape index (κ1) is 14.5. The molecule has 2 rings (SSSR count). The minimum atomic E-state index is 0.0809. The summed E-state index contributed by atoms with van der Waals surface area (Å²) in [6.45, 7) is 0.648. The highest BCUT2D eigenvalue weighted by Crippen LogP contribution is 2.12. The van der Waals surface area contributed by atoms with E-state index in [2.05, 4.69) is 10.3 Å². The van der Waals surface area contributed by atoms with Gasteiger partial charge in [-0.3, -0.25) is 4.79 Å². The summed E-state index contributed by atoms with van der Waals surface area (Å²) in [5, 5.41) is 5.92. The van der Waals surface area contributed by atoms with Gasteiger partial charge in [0.15, 0.2) is 0 Å². The second-order valence-corrected chi connectivity index (χ2v) is 5.35. The second-order valence-electron chi connectivity index (χ2n) is 4.37. The molecule has 1 amide bonds. The molecule has 4 nitrogen and oxygen atoms in total. The second kappa shape index (κ2) is 7.65. The van der Waals surface area contributed by atoms with Crippen molar-refractivity contribution in [1.29, 1.82) is 0 Å². The number of rotatable bonds is 7.